The third-order valence-electron chi connectivity index (χ3n) is 21.4. The summed E-state index contributed by atoms with van der Waals surface area (Å²) in [6, 6.07) is 0. The van der Waals surface area contributed by atoms with Gasteiger partial charge in [0.15, 0.2) is 0 Å². The minimum Gasteiger partial charge on any atom is -0.481 e. The van der Waals surface area contributed by atoms with Crippen LogP contribution in [0.5, 0.6) is 0 Å². The van der Waals surface area contributed by atoms with Gasteiger partial charge in [0.05, 0.1) is 5.92 Å². The molecule has 7 heteroatoms. The molecular formula is C51H79NO6. The summed E-state index contributed by atoms with van der Waals surface area (Å²) in [6.07, 6.45) is 15.5. The summed E-state index contributed by atoms with van der Waals surface area (Å²) < 4.78 is 6.46. The summed E-state index contributed by atoms with van der Waals surface area (Å²) >= 11 is 0. The molecule has 7 aliphatic carbocycles. The summed E-state index contributed by atoms with van der Waals surface area (Å²) in [7, 11) is 0. The topological polar surface area (TPSA) is 101 Å². The van der Waals surface area contributed by atoms with Crippen molar-refractivity contribution in [2.75, 3.05) is 13.1 Å². The number of piperidine rings is 1. The fourth-order valence-corrected chi connectivity index (χ4v) is 17.3. The van der Waals surface area contributed by atoms with Gasteiger partial charge in [-0.05, 0) is 165 Å². The molecule has 58 heavy (non-hydrogen) atoms. The lowest BCUT2D eigenvalue weighted by molar-refractivity contribution is -0.249. The van der Waals surface area contributed by atoms with E-state index in [1.807, 2.05) is 13.8 Å². The fourth-order valence-electron chi connectivity index (χ4n) is 17.3. The van der Waals surface area contributed by atoms with E-state index in [0.29, 0.717) is 47.7 Å². The molecular weight excluding hydrogens is 723 g/mol. The number of hydrogen-bond acceptors (Lipinski definition) is 5. The van der Waals surface area contributed by atoms with Crippen LogP contribution >= 0.6 is 0 Å². The maximum Gasteiger partial charge on any atom is 0.310 e. The second-order valence-corrected chi connectivity index (χ2v) is 24.5. The molecule has 0 bridgehead atoms. The normalized spacial score (nSPS) is 46.9. The Bertz CT molecular complexity index is 1720. The highest BCUT2D eigenvalue weighted by atomic mass is 16.5. The van der Waals surface area contributed by atoms with Crippen molar-refractivity contribution in [3.8, 4) is 0 Å². The number of carbonyl (C=O) groups excluding carboxylic acids is 3. The number of carbonyl (C=O) groups is 4. The van der Waals surface area contributed by atoms with E-state index in [1.165, 1.54) is 31.3 Å². The summed E-state index contributed by atoms with van der Waals surface area (Å²) in [6.45, 7) is 29.7. The highest BCUT2D eigenvalue weighted by Crippen LogP contribution is 2.78. The van der Waals surface area contributed by atoms with Gasteiger partial charge in [-0.1, -0.05) is 74.5 Å². The Morgan fingerprint density at radius 1 is 0.724 bits per heavy atom. The van der Waals surface area contributed by atoms with E-state index in [2.05, 4.69) is 66.9 Å². The second-order valence-electron chi connectivity index (χ2n) is 24.5. The van der Waals surface area contributed by atoms with Crippen molar-refractivity contribution in [1.29, 1.82) is 0 Å². The van der Waals surface area contributed by atoms with Crippen molar-refractivity contribution >= 4 is 23.6 Å². The number of esters is 1. The molecule has 14 atom stereocenters. The second kappa shape index (κ2) is 13.9. The van der Waals surface area contributed by atoms with Gasteiger partial charge in [0, 0.05) is 42.7 Å². The largest absolute Gasteiger partial charge is 0.481 e. The van der Waals surface area contributed by atoms with Crippen LogP contribution in [0, 0.1) is 91.2 Å². The molecule has 1 N–H and O–H groups in total. The third-order valence-corrected chi connectivity index (χ3v) is 21.4. The van der Waals surface area contributed by atoms with Crippen LogP contribution in [0.2, 0.25) is 0 Å². The smallest absolute Gasteiger partial charge is 0.310 e. The molecule has 0 aromatic carbocycles. The van der Waals surface area contributed by atoms with E-state index in [1.54, 1.807) is 0 Å². The molecule has 1 aliphatic heterocycles. The number of allylic oxidation sites excluding steroid dienone is 1. The number of carboxylic acid groups (broad SMARTS) is 1. The van der Waals surface area contributed by atoms with E-state index < -0.39 is 5.97 Å². The van der Waals surface area contributed by atoms with Gasteiger partial charge in [-0.15, -0.1) is 0 Å². The first-order valence-electron chi connectivity index (χ1n) is 23.9. The Labute approximate surface area is 351 Å². The van der Waals surface area contributed by atoms with Crippen LogP contribution in [0.1, 0.15) is 172 Å². The first kappa shape index (κ1) is 42.5. The first-order chi connectivity index (χ1) is 27.0. The van der Waals surface area contributed by atoms with E-state index in [9.17, 15) is 19.5 Å². The third kappa shape index (κ3) is 5.95. The number of amides is 1. The number of nitrogens with zero attached hydrogens (tertiary/aromatic N) is 1. The summed E-state index contributed by atoms with van der Waals surface area (Å²) in [5.74, 6) is 1.84. The zero-order valence-electron chi connectivity index (χ0n) is 38.1. The van der Waals surface area contributed by atoms with E-state index >= 15 is 4.79 Å². The van der Waals surface area contributed by atoms with Gasteiger partial charge in [-0.2, -0.15) is 0 Å². The lowest BCUT2D eigenvalue weighted by atomic mass is 9.32. The standard InChI is InChI=1S/C51H79NO6/c1-30(2)32-17-22-51(38(53)28-31-27-35(45(31,3)4)43(56)52-25-13-12-14-26-52)24-23-49(10)33(41(32)51)15-16-37-48(9)20-19-39(47(7,8)36(48)18-21-50(37,49)11)58-44(57)42-34(29-40(54)55)46(42,5)6/h31-37,39,41-42H,1,12-29H2,2-11H3,(H,54,55)/t31-,32-,33+,34+,35+,36-,37+,39-,41+,42+,48-,49+,50+,51+/m0/s1. The lowest BCUT2D eigenvalue weighted by Gasteiger charge is -2.73. The van der Waals surface area contributed by atoms with Crippen LogP contribution in [-0.2, 0) is 23.9 Å². The lowest BCUT2D eigenvalue weighted by Crippen LogP contribution is -2.67. The number of carboxylic acids is 1. The molecule has 0 aromatic heterocycles. The average molecular weight is 802 g/mol. The van der Waals surface area contributed by atoms with Crippen LogP contribution in [0.25, 0.3) is 0 Å². The van der Waals surface area contributed by atoms with Crippen LogP contribution in [-0.4, -0.2) is 52.8 Å². The predicted octanol–water partition coefficient (Wildman–Crippen LogP) is 10.9. The highest BCUT2D eigenvalue weighted by molar-refractivity contribution is 5.87. The summed E-state index contributed by atoms with van der Waals surface area (Å²) in [5, 5.41) is 9.48. The molecule has 0 unspecified atom stereocenters. The zero-order valence-corrected chi connectivity index (χ0v) is 38.1. The molecule has 7 saturated carbocycles. The average Bonchev–Trinajstić information content (AvgIpc) is 3.46. The number of fused-ring (bicyclic) bond motifs is 7. The highest BCUT2D eigenvalue weighted by Gasteiger charge is 2.72. The van der Waals surface area contributed by atoms with Crippen molar-refractivity contribution in [1.82, 2.24) is 4.90 Å². The molecule has 8 rings (SSSR count). The Kier molecular flexibility index (Phi) is 10.2. The number of ether oxygens (including phenoxy) is 1. The van der Waals surface area contributed by atoms with Gasteiger partial charge in [0.2, 0.25) is 5.91 Å². The molecule has 8 fully saturated rings. The van der Waals surface area contributed by atoms with Crippen molar-refractivity contribution in [2.45, 2.75) is 178 Å². The van der Waals surface area contributed by atoms with Crippen LogP contribution in [0.15, 0.2) is 12.2 Å². The molecule has 0 radical (unpaired) electrons. The maximum absolute atomic E-state index is 15.2. The quantitative estimate of drug-likeness (QED) is 0.184. The van der Waals surface area contributed by atoms with Crippen molar-refractivity contribution in [3.63, 3.8) is 0 Å². The summed E-state index contributed by atoms with van der Waals surface area (Å²) in [4.78, 5) is 56.2. The van der Waals surface area contributed by atoms with Gasteiger partial charge in [0.1, 0.15) is 11.9 Å². The Morgan fingerprint density at radius 2 is 1.41 bits per heavy atom. The fraction of sp³-hybridized carbons (Fsp3) is 0.882. The van der Waals surface area contributed by atoms with Crippen LogP contribution < -0.4 is 0 Å². The van der Waals surface area contributed by atoms with Crippen molar-refractivity contribution in [2.24, 2.45) is 91.2 Å². The number of hydrogen-bond donors (Lipinski definition) is 1. The summed E-state index contributed by atoms with van der Waals surface area (Å²) in [5.41, 5.74) is 0.734. The minimum absolute atomic E-state index is 0.0189. The number of rotatable bonds is 9. The SMILES string of the molecule is C=C(C)[C@@H]1CC[C@]2(C(=O)C[C@@H]3C[C@H](C(=O)N4CCCCC4)C3(C)C)CC[C@]3(C)[C@H](CC[C@@H]4[C@@]5(C)CC[C@H](OC(=O)[C@H]6[C@@H](CC(=O)O)C6(C)C)C(C)(C)[C@@H]5CC[C@]43C)[C@@H]12. The molecule has 0 spiro atoms. The Morgan fingerprint density at radius 3 is 2.05 bits per heavy atom. The van der Waals surface area contributed by atoms with Gasteiger partial charge in [-0.3, -0.25) is 19.2 Å². The van der Waals surface area contributed by atoms with Crippen molar-refractivity contribution in [3.05, 3.63) is 12.2 Å². The number of aliphatic carboxylic acids is 1. The number of likely N-dealkylation sites (tertiary alicyclic amines) is 1. The van der Waals surface area contributed by atoms with Gasteiger partial charge < -0.3 is 14.7 Å². The van der Waals surface area contributed by atoms with E-state index in [4.69, 9.17) is 4.74 Å². The van der Waals surface area contributed by atoms with E-state index in [-0.39, 0.29) is 80.1 Å². The minimum atomic E-state index is -0.845. The number of Topliss-reactive ketones (excluding diaryl/α,β-unsaturated/α-hetero) is 1. The van der Waals surface area contributed by atoms with Gasteiger partial charge in [0.25, 0.3) is 0 Å². The molecule has 324 valence electrons. The predicted molar refractivity (Wildman–Crippen MR) is 227 cm³/mol. The first-order valence-corrected chi connectivity index (χ1v) is 23.9. The Balaban J connectivity index is 1.00. The van der Waals surface area contributed by atoms with Gasteiger partial charge >= 0.3 is 11.9 Å². The van der Waals surface area contributed by atoms with Crippen LogP contribution in [0.3, 0.4) is 0 Å². The zero-order chi connectivity index (χ0) is 42.2. The molecule has 1 saturated heterocycles. The van der Waals surface area contributed by atoms with E-state index in [0.717, 1.165) is 77.3 Å². The molecule has 7 nitrogen and oxygen atoms in total. The maximum atomic E-state index is 15.2. The molecule has 8 aliphatic rings. The molecule has 1 amide bonds. The molecule has 0 aromatic rings. The van der Waals surface area contributed by atoms with Gasteiger partial charge in [-0.25, -0.2) is 0 Å². The van der Waals surface area contributed by atoms with Crippen molar-refractivity contribution < 1.29 is 29.0 Å². The number of ketones is 1. The van der Waals surface area contributed by atoms with Crippen LogP contribution in [0.4, 0.5) is 0 Å². The monoisotopic (exact) mass is 802 g/mol. The Hall–Kier alpha value is -2.18. The molecule has 1 heterocycles.